The van der Waals surface area contributed by atoms with Gasteiger partial charge in [-0.2, -0.15) is 0 Å². The summed E-state index contributed by atoms with van der Waals surface area (Å²) in [5.74, 6) is 1.74. The summed E-state index contributed by atoms with van der Waals surface area (Å²) >= 11 is 0. The van der Waals surface area contributed by atoms with Gasteiger partial charge in [0.25, 0.3) is 5.91 Å². The molecule has 1 aromatic heterocycles. The number of anilines is 1. The SMILES string of the molecule is COc1ccccc1C(=O)Nc1ccc(-c2nc(C)oc2C)cc1. The molecule has 0 aliphatic carbocycles. The van der Waals surface area contributed by atoms with Crippen molar-refractivity contribution in [2.45, 2.75) is 13.8 Å². The first-order valence-electron chi connectivity index (χ1n) is 7.57. The molecule has 3 aromatic rings. The van der Waals surface area contributed by atoms with Crippen molar-refractivity contribution in [1.82, 2.24) is 4.98 Å². The van der Waals surface area contributed by atoms with E-state index in [2.05, 4.69) is 10.3 Å². The fraction of sp³-hybridized carbons (Fsp3) is 0.158. The van der Waals surface area contributed by atoms with Gasteiger partial charge in [-0.15, -0.1) is 0 Å². The van der Waals surface area contributed by atoms with Crippen LogP contribution in [0.4, 0.5) is 5.69 Å². The van der Waals surface area contributed by atoms with E-state index in [9.17, 15) is 4.79 Å². The van der Waals surface area contributed by atoms with Crippen molar-refractivity contribution in [2.75, 3.05) is 12.4 Å². The molecule has 0 aliphatic rings. The van der Waals surface area contributed by atoms with Gasteiger partial charge in [0.05, 0.1) is 12.7 Å². The van der Waals surface area contributed by atoms with Gasteiger partial charge in [0.15, 0.2) is 5.89 Å². The number of benzene rings is 2. The number of carbonyl (C=O) groups is 1. The van der Waals surface area contributed by atoms with Crippen molar-refractivity contribution in [3.05, 3.63) is 65.7 Å². The second-order valence-corrected chi connectivity index (χ2v) is 5.37. The Hall–Kier alpha value is -3.08. The molecule has 0 bridgehead atoms. The van der Waals surface area contributed by atoms with Gasteiger partial charge >= 0.3 is 0 Å². The summed E-state index contributed by atoms with van der Waals surface area (Å²) in [5, 5.41) is 2.87. The number of oxazole rings is 1. The molecule has 2 aromatic carbocycles. The third kappa shape index (κ3) is 3.15. The molecule has 5 heteroatoms. The number of ether oxygens (including phenoxy) is 1. The van der Waals surface area contributed by atoms with E-state index < -0.39 is 0 Å². The average Bonchev–Trinajstić information content (AvgIpc) is 2.94. The first kappa shape index (κ1) is 15.8. The Morgan fingerprint density at radius 2 is 1.79 bits per heavy atom. The first-order chi connectivity index (χ1) is 11.6. The van der Waals surface area contributed by atoms with E-state index in [0.29, 0.717) is 22.9 Å². The number of hydrogen-bond acceptors (Lipinski definition) is 4. The Bertz CT molecular complexity index is 867. The maximum atomic E-state index is 12.4. The third-order valence-corrected chi connectivity index (χ3v) is 3.67. The van der Waals surface area contributed by atoms with E-state index in [4.69, 9.17) is 9.15 Å². The maximum Gasteiger partial charge on any atom is 0.259 e. The number of para-hydroxylation sites is 1. The Kier molecular flexibility index (Phi) is 4.33. The quantitative estimate of drug-likeness (QED) is 0.781. The number of nitrogens with one attached hydrogen (secondary N) is 1. The van der Waals surface area contributed by atoms with E-state index in [1.807, 2.05) is 44.2 Å². The summed E-state index contributed by atoms with van der Waals surface area (Å²) in [6, 6.07) is 14.6. The van der Waals surface area contributed by atoms with E-state index >= 15 is 0 Å². The molecular formula is C19H18N2O3. The number of methoxy groups -OCH3 is 1. The fourth-order valence-corrected chi connectivity index (χ4v) is 2.54. The van der Waals surface area contributed by atoms with Crippen molar-refractivity contribution >= 4 is 11.6 Å². The first-order valence-corrected chi connectivity index (χ1v) is 7.57. The number of rotatable bonds is 4. The van der Waals surface area contributed by atoms with Crippen LogP contribution in [0.5, 0.6) is 5.75 Å². The Balaban J connectivity index is 1.79. The van der Waals surface area contributed by atoms with E-state index in [0.717, 1.165) is 17.0 Å². The number of nitrogens with zero attached hydrogens (tertiary/aromatic N) is 1. The van der Waals surface area contributed by atoms with Gasteiger partial charge < -0.3 is 14.5 Å². The van der Waals surface area contributed by atoms with Crippen molar-refractivity contribution in [3.63, 3.8) is 0 Å². The molecule has 0 saturated carbocycles. The minimum Gasteiger partial charge on any atom is -0.496 e. The van der Waals surface area contributed by atoms with Crippen LogP contribution < -0.4 is 10.1 Å². The minimum atomic E-state index is -0.214. The smallest absolute Gasteiger partial charge is 0.259 e. The van der Waals surface area contributed by atoms with E-state index in [-0.39, 0.29) is 5.91 Å². The van der Waals surface area contributed by atoms with Crippen LogP contribution in [-0.2, 0) is 0 Å². The van der Waals surface area contributed by atoms with Crippen LogP contribution >= 0.6 is 0 Å². The molecule has 122 valence electrons. The van der Waals surface area contributed by atoms with Gasteiger partial charge in [0, 0.05) is 18.2 Å². The minimum absolute atomic E-state index is 0.214. The van der Waals surface area contributed by atoms with Gasteiger partial charge in [-0.05, 0) is 31.2 Å². The highest BCUT2D eigenvalue weighted by Crippen LogP contribution is 2.25. The van der Waals surface area contributed by atoms with Crippen LogP contribution in [-0.4, -0.2) is 18.0 Å². The van der Waals surface area contributed by atoms with Crippen LogP contribution in [0.3, 0.4) is 0 Å². The molecule has 0 radical (unpaired) electrons. The Morgan fingerprint density at radius 3 is 2.42 bits per heavy atom. The lowest BCUT2D eigenvalue weighted by Gasteiger charge is -2.09. The van der Waals surface area contributed by atoms with Crippen LogP contribution in [0.15, 0.2) is 52.9 Å². The number of carbonyl (C=O) groups excluding carboxylic acids is 1. The molecule has 5 nitrogen and oxygen atoms in total. The van der Waals surface area contributed by atoms with Crippen molar-refractivity contribution in [3.8, 4) is 17.0 Å². The molecule has 0 saturated heterocycles. The lowest BCUT2D eigenvalue weighted by Crippen LogP contribution is -2.13. The molecule has 3 rings (SSSR count). The second kappa shape index (κ2) is 6.58. The molecule has 0 aliphatic heterocycles. The average molecular weight is 322 g/mol. The van der Waals surface area contributed by atoms with Crippen LogP contribution in [0, 0.1) is 13.8 Å². The van der Waals surface area contributed by atoms with Gasteiger partial charge in [0.1, 0.15) is 17.2 Å². The molecule has 0 spiro atoms. The molecule has 1 N–H and O–H groups in total. The lowest BCUT2D eigenvalue weighted by molar-refractivity contribution is 0.102. The normalized spacial score (nSPS) is 10.5. The van der Waals surface area contributed by atoms with Crippen molar-refractivity contribution in [2.24, 2.45) is 0 Å². The zero-order valence-electron chi connectivity index (χ0n) is 13.8. The van der Waals surface area contributed by atoms with Gasteiger partial charge in [-0.3, -0.25) is 4.79 Å². The third-order valence-electron chi connectivity index (χ3n) is 3.67. The van der Waals surface area contributed by atoms with Crippen molar-refractivity contribution in [1.29, 1.82) is 0 Å². The predicted molar refractivity (Wildman–Crippen MR) is 92.4 cm³/mol. The van der Waals surface area contributed by atoms with Gasteiger partial charge in [-0.25, -0.2) is 4.98 Å². The number of aryl methyl sites for hydroxylation is 2. The number of aromatic nitrogens is 1. The van der Waals surface area contributed by atoms with E-state index in [1.54, 1.807) is 25.3 Å². The lowest BCUT2D eigenvalue weighted by atomic mass is 10.1. The fourth-order valence-electron chi connectivity index (χ4n) is 2.54. The van der Waals surface area contributed by atoms with Crippen molar-refractivity contribution < 1.29 is 13.9 Å². The number of hydrogen-bond donors (Lipinski definition) is 1. The zero-order valence-corrected chi connectivity index (χ0v) is 13.8. The second-order valence-electron chi connectivity index (χ2n) is 5.37. The van der Waals surface area contributed by atoms with Gasteiger partial charge in [-0.1, -0.05) is 24.3 Å². The van der Waals surface area contributed by atoms with Crippen LogP contribution in [0.1, 0.15) is 22.0 Å². The van der Waals surface area contributed by atoms with Crippen LogP contribution in [0.2, 0.25) is 0 Å². The summed E-state index contributed by atoms with van der Waals surface area (Å²) in [6.45, 7) is 3.70. The highest BCUT2D eigenvalue weighted by Gasteiger charge is 2.12. The molecule has 0 atom stereocenters. The highest BCUT2D eigenvalue weighted by atomic mass is 16.5. The summed E-state index contributed by atoms with van der Waals surface area (Å²) < 4.78 is 10.7. The molecular weight excluding hydrogens is 304 g/mol. The zero-order chi connectivity index (χ0) is 17.1. The van der Waals surface area contributed by atoms with Crippen LogP contribution in [0.25, 0.3) is 11.3 Å². The summed E-state index contributed by atoms with van der Waals surface area (Å²) in [5.41, 5.74) is 2.95. The molecule has 0 fully saturated rings. The molecule has 0 unspecified atom stereocenters. The Morgan fingerprint density at radius 1 is 1.08 bits per heavy atom. The predicted octanol–water partition coefficient (Wildman–Crippen LogP) is 4.22. The van der Waals surface area contributed by atoms with E-state index in [1.165, 1.54) is 0 Å². The number of amides is 1. The molecule has 24 heavy (non-hydrogen) atoms. The summed E-state index contributed by atoms with van der Waals surface area (Å²) in [6.07, 6.45) is 0. The summed E-state index contributed by atoms with van der Waals surface area (Å²) in [7, 11) is 1.54. The largest absolute Gasteiger partial charge is 0.496 e. The molecule has 1 amide bonds. The standard InChI is InChI=1S/C19H18N2O3/c1-12-18(20-13(2)24-12)14-8-10-15(11-9-14)21-19(22)16-6-4-5-7-17(16)23-3/h4-11H,1-3H3,(H,21,22). The summed E-state index contributed by atoms with van der Waals surface area (Å²) in [4.78, 5) is 16.8. The topological polar surface area (TPSA) is 64.4 Å². The monoisotopic (exact) mass is 322 g/mol. The Labute approximate surface area is 140 Å². The highest BCUT2D eigenvalue weighted by molar-refractivity contribution is 6.06. The van der Waals surface area contributed by atoms with Gasteiger partial charge in [0.2, 0.25) is 0 Å². The molecule has 1 heterocycles. The maximum absolute atomic E-state index is 12.4.